The van der Waals surface area contributed by atoms with Crippen molar-refractivity contribution in [1.82, 2.24) is 0 Å². The average Bonchev–Trinajstić information content (AvgIpc) is 2.84. The van der Waals surface area contributed by atoms with E-state index in [9.17, 15) is 22.9 Å². The molecule has 0 saturated carbocycles. The number of methoxy groups -OCH3 is 1. The van der Waals surface area contributed by atoms with Crippen LogP contribution >= 0.6 is 23.2 Å². The fraction of sp³-hybridized carbons (Fsp3) is 0.0800. The first kappa shape index (κ1) is 29.9. The monoisotopic (exact) mass is 581 g/mol. The Bertz CT molecular complexity index is 1700. The van der Waals surface area contributed by atoms with Gasteiger partial charge in [0.2, 0.25) is 0 Å². The molecule has 4 aromatic carbocycles. The first-order valence-electron chi connectivity index (χ1n) is 10.6. The van der Waals surface area contributed by atoms with Gasteiger partial charge in [-0.1, -0.05) is 59.3 Å². The van der Waals surface area contributed by atoms with Crippen LogP contribution in [0.5, 0.6) is 11.5 Å². The number of hydrogen-bond acceptors (Lipinski definition) is 7. The van der Waals surface area contributed by atoms with Crippen molar-refractivity contribution in [1.29, 1.82) is 0 Å². The molecule has 0 fully saturated rings. The molecule has 0 aromatic heterocycles. The van der Waals surface area contributed by atoms with Crippen LogP contribution in [0.15, 0.2) is 75.8 Å². The maximum Gasteiger partial charge on any atom is 1.00 e. The Morgan fingerprint density at radius 2 is 1.71 bits per heavy atom. The Hall–Kier alpha value is -2.70. The van der Waals surface area contributed by atoms with E-state index in [4.69, 9.17) is 27.9 Å². The largest absolute Gasteiger partial charge is 1.00 e. The molecule has 0 spiro atoms. The van der Waals surface area contributed by atoms with Gasteiger partial charge < -0.3 is 15.2 Å². The molecular weight excluding hydrogens is 564 g/mol. The summed E-state index contributed by atoms with van der Waals surface area (Å²) in [6.07, 6.45) is 0. The van der Waals surface area contributed by atoms with Gasteiger partial charge in [-0.2, -0.15) is 13.5 Å². The van der Waals surface area contributed by atoms with Crippen LogP contribution in [0.3, 0.4) is 0 Å². The van der Waals surface area contributed by atoms with E-state index in [1.165, 1.54) is 25.3 Å². The van der Waals surface area contributed by atoms with Gasteiger partial charge in [-0.3, -0.25) is 9.35 Å². The Labute approximate surface area is 250 Å². The van der Waals surface area contributed by atoms with Crippen LogP contribution in [-0.4, -0.2) is 26.0 Å². The predicted octanol–water partition coefficient (Wildman–Crippen LogP) is 3.46. The summed E-state index contributed by atoms with van der Waals surface area (Å²) in [4.78, 5) is 12.5. The SMILES string of the molecule is COc1cccc(NC(=O)c2cc3ccccc3c(N=Nc3c(Cl)cc(C)cc3S(=O)(=O)O)c2[O-])c1Cl.[Na+]. The van der Waals surface area contributed by atoms with E-state index in [1.807, 2.05) is 0 Å². The molecule has 4 rings (SSSR count). The van der Waals surface area contributed by atoms with Gasteiger partial charge in [-0.05, 0) is 48.2 Å². The molecule has 0 unspecified atom stereocenters. The zero-order valence-electron chi connectivity index (χ0n) is 20.3. The summed E-state index contributed by atoms with van der Waals surface area (Å²) in [6.45, 7) is 1.58. The zero-order valence-corrected chi connectivity index (χ0v) is 24.6. The smallest absolute Gasteiger partial charge is 0.870 e. The second-order valence-corrected chi connectivity index (χ2v) is 10.0. The van der Waals surface area contributed by atoms with Gasteiger partial charge in [0.25, 0.3) is 16.0 Å². The van der Waals surface area contributed by atoms with E-state index in [1.54, 1.807) is 49.4 Å². The van der Waals surface area contributed by atoms with Gasteiger partial charge in [0.05, 0.1) is 23.5 Å². The Morgan fingerprint density at radius 3 is 2.39 bits per heavy atom. The molecule has 0 saturated heterocycles. The summed E-state index contributed by atoms with van der Waals surface area (Å²) in [7, 11) is -3.28. The summed E-state index contributed by atoms with van der Waals surface area (Å²) in [5.41, 5.74) is -0.141. The van der Waals surface area contributed by atoms with Gasteiger partial charge >= 0.3 is 29.6 Å². The van der Waals surface area contributed by atoms with Crippen LogP contribution in [0.25, 0.3) is 10.8 Å². The van der Waals surface area contributed by atoms with Gasteiger partial charge in [-0.25, -0.2) is 0 Å². The van der Waals surface area contributed by atoms with Crippen molar-refractivity contribution in [2.45, 2.75) is 11.8 Å². The molecule has 38 heavy (non-hydrogen) atoms. The average molecular weight is 582 g/mol. The Morgan fingerprint density at radius 1 is 1.03 bits per heavy atom. The van der Waals surface area contributed by atoms with Crippen molar-refractivity contribution in [3.8, 4) is 11.5 Å². The van der Waals surface area contributed by atoms with E-state index >= 15 is 0 Å². The van der Waals surface area contributed by atoms with E-state index in [0.717, 1.165) is 0 Å². The number of amides is 1. The third-order valence-corrected chi connectivity index (χ3v) is 6.90. The summed E-state index contributed by atoms with van der Waals surface area (Å²) in [5, 5.41) is 24.8. The minimum Gasteiger partial charge on any atom is -0.870 e. The van der Waals surface area contributed by atoms with E-state index in [2.05, 4.69) is 15.5 Å². The summed E-state index contributed by atoms with van der Waals surface area (Å²) in [6, 6.07) is 15.4. The third-order valence-electron chi connectivity index (χ3n) is 5.35. The number of nitrogens with zero attached hydrogens (tertiary/aromatic N) is 2. The minimum absolute atomic E-state index is 0. The normalized spacial score (nSPS) is 11.4. The Kier molecular flexibility index (Phi) is 9.43. The quantitative estimate of drug-likeness (QED) is 0.203. The van der Waals surface area contributed by atoms with Crippen LogP contribution in [0, 0.1) is 6.92 Å². The second kappa shape index (κ2) is 12.0. The van der Waals surface area contributed by atoms with Crippen molar-refractivity contribution in [3.63, 3.8) is 0 Å². The third kappa shape index (κ3) is 6.13. The number of carbonyl (C=O) groups is 1. The molecule has 1 amide bonds. The molecule has 0 aliphatic heterocycles. The van der Waals surface area contributed by atoms with Crippen molar-refractivity contribution in [3.05, 3.63) is 81.8 Å². The van der Waals surface area contributed by atoms with Gasteiger partial charge in [0, 0.05) is 10.9 Å². The minimum atomic E-state index is -4.70. The summed E-state index contributed by atoms with van der Waals surface area (Å²) >= 11 is 12.5. The van der Waals surface area contributed by atoms with Crippen molar-refractivity contribution in [2.75, 3.05) is 12.4 Å². The van der Waals surface area contributed by atoms with Gasteiger partial charge in [0.15, 0.2) is 0 Å². The van der Waals surface area contributed by atoms with E-state index in [-0.39, 0.29) is 62.2 Å². The maximum atomic E-state index is 13.4. The van der Waals surface area contributed by atoms with Crippen LogP contribution < -0.4 is 44.7 Å². The molecule has 0 aliphatic carbocycles. The number of hydrogen-bond donors (Lipinski definition) is 2. The molecule has 2 N–H and O–H groups in total. The van der Waals surface area contributed by atoms with E-state index in [0.29, 0.717) is 22.1 Å². The molecule has 0 aliphatic rings. The van der Waals surface area contributed by atoms with Crippen LogP contribution in [-0.2, 0) is 10.1 Å². The maximum absolute atomic E-state index is 13.4. The van der Waals surface area contributed by atoms with Crippen molar-refractivity contribution in [2.24, 2.45) is 10.2 Å². The molecule has 9 nitrogen and oxygen atoms in total. The predicted molar refractivity (Wildman–Crippen MR) is 140 cm³/mol. The fourth-order valence-electron chi connectivity index (χ4n) is 3.63. The summed E-state index contributed by atoms with van der Waals surface area (Å²) < 4.78 is 38.6. The first-order chi connectivity index (χ1) is 17.5. The topological polar surface area (TPSA) is 140 Å². The number of nitrogens with one attached hydrogen (secondary N) is 1. The fourth-order valence-corrected chi connectivity index (χ4v) is 4.98. The molecule has 0 atom stereocenters. The molecule has 190 valence electrons. The van der Waals surface area contributed by atoms with Crippen LogP contribution in [0.1, 0.15) is 15.9 Å². The van der Waals surface area contributed by atoms with Crippen LogP contribution in [0.4, 0.5) is 17.1 Å². The number of fused-ring (bicyclic) bond motifs is 1. The number of benzene rings is 4. The number of carbonyl (C=O) groups excluding carboxylic acids is 1. The van der Waals surface area contributed by atoms with Gasteiger partial charge in [0.1, 0.15) is 21.4 Å². The molecule has 13 heteroatoms. The first-order valence-corrected chi connectivity index (χ1v) is 12.8. The number of azo groups is 1. The number of rotatable bonds is 6. The van der Waals surface area contributed by atoms with Gasteiger partial charge in [-0.15, -0.1) is 5.11 Å². The Balaban J connectivity index is 0.00000400. The standard InChI is InChI=1S/C25H19Cl2N3O6S.Na/c1-13-10-17(26)23(20(11-13)37(33,34)35)30-29-22-15-7-4-3-6-14(15)12-16(24(22)31)25(32)28-18-8-5-9-19(36-2)21(18)27;/h3-12,31H,1-2H3,(H,28,32)(H,33,34,35);/q;+1/p-1. The van der Waals surface area contributed by atoms with Crippen molar-refractivity contribution < 1.29 is 57.2 Å². The van der Waals surface area contributed by atoms with E-state index < -0.39 is 26.7 Å². The molecular formula is C25H18Cl2N3NaO6S. The molecule has 4 aromatic rings. The second-order valence-electron chi connectivity index (χ2n) is 7.87. The zero-order chi connectivity index (χ0) is 26.9. The summed E-state index contributed by atoms with van der Waals surface area (Å²) in [5.74, 6) is -1.19. The van der Waals surface area contributed by atoms with Crippen molar-refractivity contribution >= 4 is 67.1 Å². The molecule has 0 bridgehead atoms. The number of aryl methyl sites for hydroxylation is 1. The molecule has 0 heterocycles. The molecule has 0 radical (unpaired) electrons. The van der Waals surface area contributed by atoms with Crippen LogP contribution in [0.2, 0.25) is 10.0 Å². The number of ether oxygens (including phenoxy) is 1. The number of anilines is 1. The number of halogens is 2.